The van der Waals surface area contributed by atoms with Crippen LogP contribution in [0.15, 0.2) is 29.2 Å². The highest BCUT2D eigenvalue weighted by molar-refractivity contribution is 7.89. The van der Waals surface area contributed by atoms with Gasteiger partial charge in [-0.15, -0.1) is 0 Å². The number of sulfonamides is 1. The van der Waals surface area contributed by atoms with Crippen molar-refractivity contribution < 1.29 is 8.42 Å². The summed E-state index contributed by atoms with van der Waals surface area (Å²) in [4.78, 5) is 0.439. The van der Waals surface area contributed by atoms with E-state index in [1.807, 2.05) is 12.1 Å². The molecule has 2 aliphatic heterocycles. The van der Waals surface area contributed by atoms with Gasteiger partial charge in [0.1, 0.15) is 0 Å². The maximum atomic E-state index is 13.4. The van der Waals surface area contributed by atoms with Crippen molar-refractivity contribution in [3.63, 3.8) is 0 Å². The molecule has 1 atom stereocenters. The van der Waals surface area contributed by atoms with Crippen LogP contribution in [0.3, 0.4) is 0 Å². The summed E-state index contributed by atoms with van der Waals surface area (Å²) >= 11 is 0. The topological polar surface area (TPSA) is 61.4 Å². The van der Waals surface area contributed by atoms with Gasteiger partial charge in [-0.25, -0.2) is 8.42 Å². The Morgan fingerprint density at radius 1 is 1.04 bits per heavy atom. The molecule has 3 rings (SSSR count). The van der Waals surface area contributed by atoms with Crippen LogP contribution in [-0.4, -0.2) is 51.0 Å². The van der Waals surface area contributed by atoms with Crippen molar-refractivity contribution >= 4 is 10.0 Å². The van der Waals surface area contributed by atoms with Crippen LogP contribution >= 0.6 is 0 Å². The van der Waals surface area contributed by atoms with Gasteiger partial charge in [0.15, 0.2) is 0 Å². The van der Waals surface area contributed by atoms with Crippen LogP contribution in [0.4, 0.5) is 0 Å². The molecule has 2 aliphatic rings. The fourth-order valence-corrected chi connectivity index (χ4v) is 6.01. The molecule has 2 heterocycles. The second-order valence-corrected chi connectivity index (χ2v) is 9.77. The minimum absolute atomic E-state index is 0.112. The van der Waals surface area contributed by atoms with Crippen LogP contribution in [0, 0.1) is 0 Å². The van der Waals surface area contributed by atoms with E-state index in [9.17, 15) is 8.42 Å². The third-order valence-electron chi connectivity index (χ3n) is 6.00. The molecule has 0 saturated carbocycles. The van der Waals surface area contributed by atoms with Crippen molar-refractivity contribution in [1.29, 1.82) is 0 Å². The van der Waals surface area contributed by atoms with Crippen molar-refractivity contribution in [2.75, 3.05) is 26.2 Å². The SMILES string of the molecule is CCc1ccc(S(=O)(=O)N(CCCC2CCCCN2)C2CCNCC2)cc1. The van der Waals surface area contributed by atoms with E-state index >= 15 is 0 Å². The van der Waals surface area contributed by atoms with Crippen molar-refractivity contribution in [2.45, 2.75) is 75.3 Å². The molecule has 0 spiro atoms. The van der Waals surface area contributed by atoms with E-state index in [2.05, 4.69) is 17.6 Å². The molecule has 0 bridgehead atoms. The molecule has 1 unspecified atom stereocenters. The molecule has 0 radical (unpaired) electrons. The largest absolute Gasteiger partial charge is 0.317 e. The first-order chi connectivity index (χ1) is 13.1. The normalized spacial score (nSPS) is 22.2. The van der Waals surface area contributed by atoms with Crippen molar-refractivity contribution in [2.24, 2.45) is 0 Å². The summed E-state index contributed by atoms with van der Waals surface area (Å²) in [5.41, 5.74) is 1.17. The Hall–Kier alpha value is -0.950. The van der Waals surface area contributed by atoms with Gasteiger partial charge < -0.3 is 10.6 Å². The van der Waals surface area contributed by atoms with Gasteiger partial charge in [0, 0.05) is 18.6 Å². The summed E-state index contributed by atoms with van der Waals surface area (Å²) < 4.78 is 28.6. The summed E-state index contributed by atoms with van der Waals surface area (Å²) in [7, 11) is -3.44. The second kappa shape index (κ2) is 10.0. The first kappa shape index (κ1) is 20.8. The van der Waals surface area contributed by atoms with E-state index in [0.29, 0.717) is 17.5 Å². The Balaban J connectivity index is 1.71. The highest BCUT2D eigenvalue weighted by Crippen LogP contribution is 2.24. The predicted octanol–water partition coefficient (Wildman–Crippen LogP) is 2.91. The lowest BCUT2D eigenvalue weighted by molar-refractivity contribution is 0.252. The minimum atomic E-state index is -3.44. The summed E-state index contributed by atoms with van der Waals surface area (Å²) in [5, 5.41) is 6.93. The maximum Gasteiger partial charge on any atom is 0.243 e. The van der Waals surface area contributed by atoms with Crippen LogP contribution in [0.5, 0.6) is 0 Å². The van der Waals surface area contributed by atoms with Gasteiger partial charge in [-0.2, -0.15) is 4.31 Å². The summed E-state index contributed by atoms with van der Waals surface area (Å²) in [5.74, 6) is 0. The molecule has 152 valence electrons. The van der Waals surface area contributed by atoms with E-state index in [4.69, 9.17) is 0 Å². The first-order valence-electron chi connectivity index (χ1n) is 10.7. The van der Waals surface area contributed by atoms with Crippen LogP contribution in [0.25, 0.3) is 0 Å². The standard InChI is InChI=1S/C21H35N3O2S/c1-2-18-8-10-21(11-9-18)27(25,26)24(20-12-15-22-16-13-20)17-5-7-19-6-3-4-14-23-19/h8-11,19-20,22-23H,2-7,12-17H2,1H3. The third-order valence-corrected chi connectivity index (χ3v) is 7.96. The number of piperidine rings is 2. The quantitative estimate of drug-likeness (QED) is 0.713. The van der Waals surface area contributed by atoms with Crippen molar-refractivity contribution in [3.05, 3.63) is 29.8 Å². The Kier molecular flexibility index (Phi) is 7.70. The van der Waals surface area contributed by atoms with Crippen LogP contribution in [0.2, 0.25) is 0 Å². The lowest BCUT2D eigenvalue weighted by atomic mass is 10.0. The van der Waals surface area contributed by atoms with Gasteiger partial charge >= 0.3 is 0 Å². The first-order valence-corrected chi connectivity index (χ1v) is 12.1. The molecule has 2 N–H and O–H groups in total. The molecular weight excluding hydrogens is 358 g/mol. The summed E-state index contributed by atoms with van der Waals surface area (Å²) in [6.07, 6.45) is 8.48. The number of hydrogen-bond donors (Lipinski definition) is 2. The van der Waals surface area contributed by atoms with E-state index < -0.39 is 10.0 Å². The van der Waals surface area contributed by atoms with E-state index in [1.54, 1.807) is 16.4 Å². The Morgan fingerprint density at radius 2 is 1.78 bits per heavy atom. The predicted molar refractivity (Wildman–Crippen MR) is 110 cm³/mol. The number of benzene rings is 1. The van der Waals surface area contributed by atoms with Gasteiger partial charge in [-0.3, -0.25) is 0 Å². The van der Waals surface area contributed by atoms with Crippen molar-refractivity contribution in [3.8, 4) is 0 Å². The molecule has 5 nitrogen and oxygen atoms in total. The van der Waals surface area contributed by atoms with Gasteiger partial charge in [0.05, 0.1) is 4.90 Å². The number of nitrogens with zero attached hydrogens (tertiary/aromatic N) is 1. The molecule has 1 aromatic rings. The van der Waals surface area contributed by atoms with E-state index in [-0.39, 0.29) is 6.04 Å². The molecule has 1 aromatic carbocycles. The monoisotopic (exact) mass is 393 g/mol. The van der Waals surface area contributed by atoms with Crippen LogP contribution in [-0.2, 0) is 16.4 Å². The average Bonchev–Trinajstić information content (AvgIpc) is 2.72. The number of aryl methyl sites for hydroxylation is 1. The van der Waals surface area contributed by atoms with E-state index in [0.717, 1.165) is 51.7 Å². The highest BCUT2D eigenvalue weighted by atomic mass is 32.2. The van der Waals surface area contributed by atoms with Gasteiger partial charge in [0.25, 0.3) is 0 Å². The Morgan fingerprint density at radius 3 is 2.41 bits per heavy atom. The maximum absolute atomic E-state index is 13.4. The molecule has 0 aromatic heterocycles. The zero-order valence-electron chi connectivity index (χ0n) is 16.6. The molecular formula is C21H35N3O2S. The number of hydrogen-bond acceptors (Lipinski definition) is 4. The lowest BCUT2D eigenvalue weighted by Crippen LogP contribution is -2.46. The number of nitrogens with one attached hydrogen (secondary N) is 2. The molecule has 27 heavy (non-hydrogen) atoms. The second-order valence-electron chi connectivity index (χ2n) is 7.88. The molecule has 2 fully saturated rings. The summed E-state index contributed by atoms with van der Waals surface area (Å²) in [6, 6.07) is 8.12. The number of rotatable bonds is 8. The zero-order chi connectivity index (χ0) is 19.1. The van der Waals surface area contributed by atoms with Gasteiger partial charge in [0.2, 0.25) is 10.0 Å². The fraction of sp³-hybridized carbons (Fsp3) is 0.714. The minimum Gasteiger partial charge on any atom is -0.317 e. The molecule has 0 amide bonds. The average molecular weight is 394 g/mol. The smallest absolute Gasteiger partial charge is 0.243 e. The fourth-order valence-electron chi connectivity index (χ4n) is 4.29. The lowest BCUT2D eigenvalue weighted by Gasteiger charge is -2.34. The Labute approximate surface area is 165 Å². The zero-order valence-corrected chi connectivity index (χ0v) is 17.4. The van der Waals surface area contributed by atoms with E-state index in [1.165, 1.54) is 24.8 Å². The van der Waals surface area contributed by atoms with Crippen LogP contribution < -0.4 is 10.6 Å². The third kappa shape index (κ3) is 5.53. The van der Waals surface area contributed by atoms with Crippen molar-refractivity contribution in [1.82, 2.24) is 14.9 Å². The van der Waals surface area contributed by atoms with Crippen LogP contribution in [0.1, 0.15) is 57.4 Å². The molecule has 2 saturated heterocycles. The van der Waals surface area contributed by atoms with Gasteiger partial charge in [-0.05, 0) is 82.3 Å². The molecule has 6 heteroatoms. The summed E-state index contributed by atoms with van der Waals surface area (Å²) in [6.45, 7) is 5.61. The highest BCUT2D eigenvalue weighted by Gasteiger charge is 2.32. The van der Waals surface area contributed by atoms with Gasteiger partial charge in [-0.1, -0.05) is 25.5 Å². The Bertz CT molecular complexity index is 663. The molecule has 0 aliphatic carbocycles.